The summed E-state index contributed by atoms with van der Waals surface area (Å²) in [6.07, 6.45) is 1.97. The highest BCUT2D eigenvalue weighted by atomic mass is 32.1. The van der Waals surface area contributed by atoms with Crippen molar-refractivity contribution in [2.45, 2.75) is 19.8 Å². The zero-order chi connectivity index (χ0) is 14.0. The minimum atomic E-state index is -0.110. The van der Waals surface area contributed by atoms with Gasteiger partial charge in [0.25, 0.3) is 0 Å². The summed E-state index contributed by atoms with van der Waals surface area (Å²) in [7, 11) is 0. The standard InChI is InChI=1S/C13H17N3O2S/c1-8(18)12-11(15)10(5-14)13(19-12)16-4-2-3-9(6-16)7-17/h9,17H,2-4,6-7,15H2,1H3. The number of piperidine rings is 1. The molecule has 0 bridgehead atoms. The van der Waals surface area contributed by atoms with Crippen LogP contribution < -0.4 is 10.6 Å². The Balaban J connectivity index is 2.36. The van der Waals surface area contributed by atoms with Crippen molar-refractivity contribution >= 4 is 27.8 Å². The number of nitrogens with two attached hydrogens (primary N) is 1. The molecule has 102 valence electrons. The fourth-order valence-corrected chi connectivity index (χ4v) is 3.52. The maximum Gasteiger partial charge on any atom is 0.171 e. The van der Waals surface area contributed by atoms with Crippen LogP contribution >= 0.6 is 11.3 Å². The van der Waals surface area contributed by atoms with Gasteiger partial charge in [-0.05, 0) is 18.8 Å². The number of aliphatic hydroxyl groups excluding tert-OH is 1. The van der Waals surface area contributed by atoms with Gasteiger partial charge in [-0.25, -0.2) is 0 Å². The van der Waals surface area contributed by atoms with Crippen molar-refractivity contribution in [1.29, 1.82) is 5.26 Å². The predicted molar refractivity (Wildman–Crippen MR) is 75.5 cm³/mol. The molecule has 1 aliphatic rings. The quantitative estimate of drug-likeness (QED) is 0.820. The Kier molecular flexibility index (Phi) is 4.08. The van der Waals surface area contributed by atoms with Crippen LogP contribution in [0.4, 0.5) is 10.7 Å². The van der Waals surface area contributed by atoms with Crippen LogP contribution in [0.5, 0.6) is 0 Å². The molecule has 1 fully saturated rings. The first-order chi connectivity index (χ1) is 9.08. The average molecular weight is 279 g/mol. The van der Waals surface area contributed by atoms with Gasteiger partial charge in [0.2, 0.25) is 0 Å². The first-order valence-electron chi connectivity index (χ1n) is 6.27. The Labute approximate surface area is 116 Å². The van der Waals surface area contributed by atoms with Crippen molar-refractivity contribution in [1.82, 2.24) is 0 Å². The molecular weight excluding hydrogens is 262 g/mol. The number of nitrogens with zero attached hydrogens (tertiary/aromatic N) is 2. The van der Waals surface area contributed by atoms with E-state index in [1.54, 1.807) is 0 Å². The van der Waals surface area contributed by atoms with Gasteiger partial charge < -0.3 is 15.7 Å². The Hall–Kier alpha value is -1.58. The molecule has 1 saturated heterocycles. The molecule has 2 heterocycles. The first kappa shape index (κ1) is 13.8. The van der Waals surface area contributed by atoms with Crippen molar-refractivity contribution in [3.8, 4) is 6.07 Å². The van der Waals surface area contributed by atoms with Crippen LogP contribution in [0.25, 0.3) is 0 Å². The van der Waals surface area contributed by atoms with Gasteiger partial charge in [-0.3, -0.25) is 4.79 Å². The lowest BCUT2D eigenvalue weighted by molar-refractivity contribution is 0.102. The number of Topliss-reactive ketones (excluding diaryl/α,β-unsaturated/α-hetero) is 1. The van der Waals surface area contributed by atoms with Crippen LogP contribution in [0.15, 0.2) is 0 Å². The summed E-state index contributed by atoms with van der Waals surface area (Å²) in [5.41, 5.74) is 6.57. The Morgan fingerprint density at radius 1 is 1.68 bits per heavy atom. The molecule has 5 nitrogen and oxygen atoms in total. The highest BCUT2D eigenvalue weighted by Gasteiger charge is 2.26. The van der Waals surface area contributed by atoms with E-state index in [1.807, 2.05) is 0 Å². The number of anilines is 2. The van der Waals surface area contributed by atoms with E-state index in [2.05, 4.69) is 11.0 Å². The highest BCUT2D eigenvalue weighted by Crippen LogP contribution is 2.39. The largest absolute Gasteiger partial charge is 0.396 e. The van der Waals surface area contributed by atoms with Crippen LogP contribution in [0, 0.1) is 17.2 Å². The molecule has 1 atom stereocenters. The Bertz CT molecular complexity index is 533. The van der Waals surface area contributed by atoms with E-state index in [0.29, 0.717) is 22.7 Å². The Morgan fingerprint density at radius 3 is 3.00 bits per heavy atom. The summed E-state index contributed by atoms with van der Waals surface area (Å²) in [4.78, 5) is 14.0. The molecule has 1 aliphatic heterocycles. The maximum absolute atomic E-state index is 11.5. The minimum Gasteiger partial charge on any atom is -0.396 e. The third-order valence-electron chi connectivity index (χ3n) is 3.42. The number of rotatable bonds is 3. The molecule has 1 aromatic heterocycles. The molecule has 0 radical (unpaired) electrons. The summed E-state index contributed by atoms with van der Waals surface area (Å²) >= 11 is 1.29. The summed E-state index contributed by atoms with van der Waals surface area (Å²) in [6, 6.07) is 2.10. The predicted octanol–water partition coefficient (Wildman–Crippen LogP) is 1.61. The fourth-order valence-electron chi connectivity index (χ4n) is 2.42. The van der Waals surface area contributed by atoms with E-state index in [4.69, 9.17) is 5.73 Å². The second-order valence-electron chi connectivity index (χ2n) is 4.83. The van der Waals surface area contributed by atoms with Crippen molar-refractivity contribution in [2.75, 3.05) is 30.3 Å². The number of nitrogen functional groups attached to an aromatic ring is 1. The van der Waals surface area contributed by atoms with Crippen LogP contribution in [-0.4, -0.2) is 30.6 Å². The van der Waals surface area contributed by atoms with Gasteiger partial charge in [0.1, 0.15) is 16.6 Å². The molecule has 3 N–H and O–H groups in total. The lowest BCUT2D eigenvalue weighted by Gasteiger charge is -2.32. The number of hydrogen-bond donors (Lipinski definition) is 2. The van der Waals surface area contributed by atoms with Gasteiger partial charge in [0, 0.05) is 26.6 Å². The molecule has 0 aromatic carbocycles. The average Bonchev–Trinajstić information content (AvgIpc) is 2.75. The van der Waals surface area contributed by atoms with Gasteiger partial charge in [0.05, 0.1) is 10.6 Å². The van der Waals surface area contributed by atoms with Gasteiger partial charge in [-0.15, -0.1) is 11.3 Å². The molecule has 0 aliphatic carbocycles. The zero-order valence-corrected chi connectivity index (χ0v) is 11.7. The molecule has 6 heteroatoms. The Morgan fingerprint density at radius 2 is 2.42 bits per heavy atom. The molecular formula is C13H17N3O2S. The summed E-state index contributed by atoms with van der Waals surface area (Å²) in [5, 5.41) is 19.3. The van der Waals surface area contributed by atoms with Crippen molar-refractivity contribution < 1.29 is 9.90 Å². The second kappa shape index (κ2) is 5.59. The third kappa shape index (κ3) is 2.57. The van der Waals surface area contributed by atoms with Gasteiger partial charge in [0.15, 0.2) is 5.78 Å². The topological polar surface area (TPSA) is 90.4 Å². The van der Waals surface area contributed by atoms with E-state index in [1.165, 1.54) is 18.3 Å². The van der Waals surface area contributed by atoms with E-state index in [-0.39, 0.29) is 18.3 Å². The van der Waals surface area contributed by atoms with Crippen molar-refractivity contribution in [2.24, 2.45) is 5.92 Å². The smallest absolute Gasteiger partial charge is 0.171 e. The molecule has 0 saturated carbocycles. The summed E-state index contributed by atoms with van der Waals surface area (Å²) < 4.78 is 0. The number of aliphatic hydroxyl groups is 1. The number of hydrogen-bond acceptors (Lipinski definition) is 6. The van der Waals surface area contributed by atoms with Gasteiger partial charge in [-0.2, -0.15) is 5.26 Å². The van der Waals surface area contributed by atoms with Crippen LogP contribution in [0.3, 0.4) is 0 Å². The summed E-state index contributed by atoms with van der Waals surface area (Å²) in [6.45, 7) is 3.16. The molecule has 0 amide bonds. The summed E-state index contributed by atoms with van der Waals surface area (Å²) in [5.74, 6) is 0.116. The van der Waals surface area contributed by atoms with Crippen LogP contribution in [0.1, 0.15) is 35.0 Å². The lowest BCUT2D eigenvalue weighted by Crippen LogP contribution is -2.36. The lowest BCUT2D eigenvalue weighted by atomic mass is 9.99. The molecule has 0 spiro atoms. The van der Waals surface area contributed by atoms with Gasteiger partial charge >= 0.3 is 0 Å². The number of carbonyl (C=O) groups excluding carboxylic acids is 1. The van der Waals surface area contributed by atoms with E-state index in [0.717, 1.165) is 24.4 Å². The molecule has 1 unspecified atom stereocenters. The molecule has 1 aromatic rings. The van der Waals surface area contributed by atoms with Gasteiger partial charge in [-0.1, -0.05) is 0 Å². The van der Waals surface area contributed by atoms with Crippen molar-refractivity contribution in [3.63, 3.8) is 0 Å². The van der Waals surface area contributed by atoms with E-state index >= 15 is 0 Å². The maximum atomic E-state index is 11.5. The van der Waals surface area contributed by atoms with Crippen molar-refractivity contribution in [3.05, 3.63) is 10.4 Å². The number of nitriles is 1. The fraction of sp³-hybridized carbons (Fsp3) is 0.538. The van der Waals surface area contributed by atoms with E-state index < -0.39 is 0 Å². The van der Waals surface area contributed by atoms with Crippen LogP contribution in [0.2, 0.25) is 0 Å². The zero-order valence-electron chi connectivity index (χ0n) is 10.8. The molecule has 2 rings (SSSR count). The number of ketones is 1. The number of thiophene rings is 1. The minimum absolute atomic E-state index is 0.110. The van der Waals surface area contributed by atoms with E-state index in [9.17, 15) is 15.2 Å². The third-order valence-corrected chi connectivity index (χ3v) is 4.79. The number of carbonyl (C=O) groups is 1. The normalized spacial score (nSPS) is 19.2. The SMILES string of the molecule is CC(=O)c1sc(N2CCCC(CO)C2)c(C#N)c1N. The monoisotopic (exact) mass is 279 g/mol. The highest BCUT2D eigenvalue weighted by molar-refractivity contribution is 7.19. The van der Waals surface area contributed by atoms with Crippen LogP contribution in [-0.2, 0) is 0 Å². The second-order valence-corrected chi connectivity index (χ2v) is 5.83. The molecule has 19 heavy (non-hydrogen) atoms. The first-order valence-corrected chi connectivity index (χ1v) is 7.09.